The van der Waals surface area contributed by atoms with Crippen molar-refractivity contribution >= 4 is 12.0 Å². The van der Waals surface area contributed by atoms with Crippen LogP contribution in [0.3, 0.4) is 0 Å². The van der Waals surface area contributed by atoms with Gasteiger partial charge in [-0.2, -0.15) is 13.2 Å². The minimum atomic E-state index is -4.41. The number of ether oxygens (including phenoxy) is 1. The monoisotopic (exact) mass is 336 g/mol. The number of piperidine rings is 2. The molecule has 2 saturated heterocycles. The molecule has 0 bridgehead atoms. The van der Waals surface area contributed by atoms with Gasteiger partial charge in [0.2, 0.25) is 5.91 Å². The first-order valence-corrected chi connectivity index (χ1v) is 7.74. The van der Waals surface area contributed by atoms with Crippen LogP contribution in [0.4, 0.5) is 18.0 Å². The standard InChI is InChI=1S/C15H23F3N2O3/c1-13(2,3)23-12(22)20-6-4-14(5-7-20)9-19-11(21)8-10(14)15(16,17)18/h10H,4-9H2,1-3H3,(H,19,21)/t10-/m0/s1. The van der Waals surface area contributed by atoms with Gasteiger partial charge in [-0.15, -0.1) is 0 Å². The highest BCUT2D eigenvalue weighted by atomic mass is 19.4. The quantitative estimate of drug-likeness (QED) is 0.740. The van der Waals surface area contributed by atoms with Crippen molar-refractivity contribution in [1.82, 2.24) is 10.2 Å². The minimum Gasteiger partial charge on any atom is -0.444 e. The van der Waals surface area contributed by atoms with E-state index >= 15 is 0 Å². The van der Waals surface area contributed by atoms with E-state index in [1.54, 1.807) is 20.8 Å². The van der Waals surface area contributed by atoms with Crippen LogP contribution in [0, 0.1) is 11.3 Å². The van der Waals surface area contributed by atoms with Crippen LogP contribution in [0.2, 0.25) is 0 Å². The molecule has 0 aromatic heterocycles. The van der Waals surface area contributed by atoms with Gasteiger partial charge in [-0.1, -0.05) is 0 Å². The van der Waals surface area contributed by atoms with Crippen molar-refractivity contribution in [2.75, 3.05) is 19.6 Å². The number of carbonyl (C=O) groups is 2. The topological polar surface area (TPSA) is 58.6 Å². The van der Waals surface area contributed by atoms with Gasteiger partial charge in [-0.3, -0.25) is 4.79 Å². The Kier molecular flexibility index (Phi) is 4.56. The summed E-state index contributed by atoms with van der Waals surface area (Å²) < 4.78 is 45.3. The zero-order valence-corrected chi connectivity index (χ0v) is 13.6. The molecule has 0 unspecified atom stereocenters. The molecular formula is C15H23F3N2O3. The van der Waals surface area contributed by atoms with Crippen LogP contribution in [-0.4, -0.2) is 48.3 Å². The van der Waals surface area contributed by atoms with E-state index in [1.165, 1.54) is 4.90 Å². The average molecular weight is 336 g/mol. The van der Waals surface area contributed by atoms with E-state index in [0.717, 1.165) is 0 Å². The molecule has 2 rings (SSSR count). The second-order valence-corrected chi connectivity index (χ2v) is 7.40. The third kappa shape index (κ3) is 4.09. The van der Waals surface area contributed by atoms with E-state index in [2.05, 4.69) is 5.32 Å². The van der Waals surface area contributed by atoms with Crippen molar-refractivity contribution in [2.24, 2.45) is 11.3 Å². The first-order valence-electron chi connectivity index (χ1n) is 7.74. The Balaban J connectivity index is 2.06. The van der Waals surface area contributed by atoms with Gasteiger partial charge in [0, 0.05) is 31.5 Å². The molecule has 8 heteroatoms. The summed E-state index contributed by atoms with van der Waals surface area (Å²) in [5.74, 6) is -2.21. The molecule has 1 atom stereocenters. The summed E-state index contributed by atoms with van der Waals surface area (Å²) in [6, 6.07) is 0. The summed E-state index contributed by atoms with van der Waals surface area (Å²) >= 11 is 0. The smallest absolute Gasteiger partial charge is 0.410 e. The molecule has 2 fully saturated rings. The van der Waals surface area contributed by atoms with E-state index in [4.69, 9.17) is 4.74 Å². The molecule has 132 valence electrons. The van der Waals surface area contributed by atoms with Crippen LogP contribution in [-0.2, 0) is 9.53 Å². The molecule has 1 spiro atoms. The minimum absolute atomic E-state index is 0.0121. The van der Waals surface area contributed by atoms with Crippen molar-refractivity contribution in [2.45, 2.75) is 51.8 Å². The van der Waals surface area contributed by atoms with Crippen LogP contribution in [0.15, 0.2) is 0 Å². The molecule has 1 N–H and O–H groups in total. The average Bonchev–Trinajstić information content (AvgIpc) is 2.39. The summed E-state index contributed by atoms with van der Waals surface area (Å²) in [4.78, 5) is 24.9. The van der Waals surface area contributed by atoms with Gasteiger partial charge in [0.15, 0.2) is 0 Å². The summed E-state index contributed by atoms with van der Waals surface area (Å²) in [7, 11) is 0. The Labute approximate surface area is 133 Å². The maximum Gasteiger partial charge on any atom is 0.410 e. The van der Waals surface area contributed by atoms with Gasteiger partial charge in [0.1, 0.15) is 5.60 Å². The van der Waals surface area contributed by atoms with Gasteiger partial charge in [-0.25, -0.2) is 4.79 Å². The number of carbonyl (C=O) groups excluding carboxylic acids is 2. The fourth-order valence-corrected chi connectivity index (χ4v) is 3.32. The Morgan fingerprint density at radius 3 is 2.30 bits per heavy atom. The number of nitrogens with one attached hydrogen (secondary N) is 1. The largest absolute Gasteiger partial charge is 0.444 e. The number of rotatable bonds is 0. The van der Waals surface area contributed by atoms with Crippen LogP contribution in [0.1, 0.15) is 40.0 Å². The van der Waals surface area contributed by atoms with E-state index < -0.39 is 41.5 Å². The van der Waals surface area contributed by atoms with E-state index in [0.29, 0.717) is 0 Å². The van der Waals surface area contributed by atoms with Gasteiger partial charge < -0.3 is 15.0 Å². The lowest BCUT2D eigenvalue weighted by Crippen LogP contribution is -2.58. The highest BCUT2D eigenvalue weighted by Crippen LogP contribution is 2.49. The third-order valence-electron chi connectivity index (χ3n) is 4.57. The summed E-state index contributed by atoms with van der Waals surface area (Å²) in [5.41, 5.74) is -1.66. The molecule has 0 radical (unpaired) electrons. The Morgan fingerprint density at radius 1 is 1.26 bits per heavy atom. The summed E-state index contributed by atoms with van der Waals surface area (Å²) in [5, 5.41) is 2.55. The maximum atomic E-state index is 13.3. The highest BCUT2D eigenvalue weighted by Gasteiger charge is 2.57. The van der Waals surface area contributed by atoms with Crippen LogP contribution in [0.25, 0.3) is 0 Å². The molecule has 2 aliphatic rings. The summed E-state index contributed by atoms with van der Waals surface area (Å²) in [6.07, 6.45) is -5.04. The molecule has 23 heavy (non-hydrogen) atoms. The third-order valence-corrected chi connectivity index (χ3v) is 4.57. The first kappa shape index (κ1) is 17.9. The van der Waals surface area contributed by atoms with Crippen LogP contribution >= 0.6 is 0 Å². The van der Waals surface area contributed by atoms with Crippen LogP contribution in [0.5, 0.6) is 0 Å². The van der Waals surface area contributed by atoms with Crippen molar-refractivity contribution in [3.8, 4) is 0 Å². The van der Waals surface area contributed by atoms with Crippen molar-refractivity contribution in [3.63, 3.8) is 0 Å². The maximum absolute atomic E-state index is 13.3. The number of likely N-dealkylation sites (tertiary alicyclic amines) is 1. The molecule has 2 aliphatic heterocycles. The van der Waals surface area contributed by atoms with Gasteiger partial charge in [-0.05, 0) is 33.6 Å². The second kappa shape index (κ2) is 5.87. The van der Waals surface area contributed by atoms with Gasteiger partial charge >= 0.3 is 12.3 Å². The molecule has 0 aliphatic carbocycles. The predicted molar refractivity (Wildman–Crippen MR) is 76.6 cm³/mol. The summed E-state index contributed by atoms with van der Waals surface area (Å²) in [6.45, 7) is 5.65. The Bertz CT molecular complexity index is 477. The number of hydrogen-bond donors (Lipinski definition) is 1. The molecule has 0 aromatic rings. The molecule has 0 aromatic carbocycles. The lowest BCUT2D eigenvalue weighted by molar-refractivity contribution is -0.221. The molecule has 2 amide bonds. The SMILES string of the molecule is CC(C)(C)OC(=O)N1CCC2(CC1)CNC(=O)C[C@@H]2C(F)(F)F. The zero-order chi connectivity index (χ0) is 17.5. The lowest BCUT2D eigenvalue weighted by atomic mass is 9.65. The van der Waals surface area contributed by atoms with Crippen molar-refractivity contribution in [1.29, 1.82) is 0 Å². The molecule has 5 nitrogen and oxygen atoms in total. The van der Waals surface area contributed by atoms with Crippen molar-refractivity contribution in [3.05, 3.63) is 0 Å². The first-order chi connectivity index (χ1) is 10.4. The number of nitrogens with zero attached hydrogens (tertiary/aromatic N) is 1. The lowest BCUT2D eigenvalue weighted by Gasteiger charge is -2.49. The fraction of sp³-hybridized carbons (Fsp3) is 0.867. The fourth-order valence-electron chi connectivity index (χ4n) is 3.32. The number of amides is 2. The number of alkyl halides is 3. The Morgan fingerprint density at radius 2 is 1.83 bits per heavy atom. The Hall–Kier alpha value is -1.47. The van der Waals surface area contributed by atoms with E-state index in [1.807, 2.05) is 0 Å². The van der Waals surface area contributed by atoms with Gasteiger partial charge in [0.05, 0.1) is 5.92 Å². The van der Waals surface area contributed by atoms with Crippen molar-refractivity contribution < 1.29 is 27.5 Å². The predicted octanol–water partition coefficient (Wildman–Crippen LogP) is 2.70. The van der Waals surface area contributed by atoms with E-state index in [9.17, 15) is 22.8 Å². The highest BCUT2D eigenvalue weighted by molar-refractivity contribution is 5.77. The number of halogens is 3. The number of hydrogen-bond acceptors (Lipinski definition) is 3. The second-order valence-electron chi connectivity index (χ2n) is 7.40. The van der Waals surface area contributed by atoms with Gasteiger partial charge in [0.25, 0.3) is 0 Å². The van der Waals surface area contributed by atoms with E-state index in [-0.39, 0.29) is 32.5 Å². The molecule has 0 saturated carbocycles. The molecule has 2 heterocycles. The molecular weight excluding hydrogens is 313 g/mol. The van der Waals surface area contributed by atoms with Crippen LogP contribution < -0.4 is 5.32 Å². The zero-order valence-electron chi connectivity index (χ0n) is 13.6. The normalized spacial score (nSPS) is 25.2.